The van der Waals surface area contributed by atoms with Gasteiger partial charge in [0.25, 0.3) is 5.89 Å². The summed E-state index contributed by atoms with van der Waals surface area (Å²) in [6.07, 6.45) is 0.126. The molecule has 5 heteroatoms. The third kappa shape index (κ3) is 3.32. The number of nitrogens with zero attached hydrogens (tertiary/aromatic N) is 2. The smallest absolute Gasteiger partial charge is 0.253 e. The Bertz CT molecular complexity index is 549. The van der Waals surface area contributed by atoms with Crippen LogP contribution in [0, 0.1) is 6.92 Å². The number of rotatable bonds is 5. The van der Waals surface area contributed by atoms with E-state index in [0.29, 0.717) is 24.0 Å². The maximum Gasteiger partial charge on any atom is 0.253 e. The lowest BCUT2D eigenvalue weighted by Gasteiger charge is -2.13. The number of aliphatic hydroxyl groups excluding tert-OH is 1. The highest BCUT2D eigenvalue weighted by Gasteiger charge is 2.11. The molecule has 0 aliphatic carbocycles. The van der Waals surface area contributed by atoms with Crippen molar-refractivity contribution < 1.29 is 14.3 Å². The molecule has 5 nitrogen and oxygen atoms in total. The topological polar surface area (TPSA) is 68.4 Å². The van der Waals surface area contributed by atoms with Crippen LogP contribution in [0.4, 0.5) is 0 Å². The Hall–Kier alpha value is -1.88. The van der Waals surface area contributed by atoms with Crippen LogP contribution in [0.3, 0.4) is 0 Å². The van der Waals surface area contributed by atoms with Crippen LogP contribution < -0.4 is 4.74 Å². The summed E-state index contributed by atoms with van der Waals surface area (Å²) in [4.78, 5) is 0. The summed E-state index contributed by atoms with van der Waals surface area (Å²) in [7, 11) is 0. The van der Waals surface area contributed by atoms with Crippen molar-refractivity contribution in [3.63, 3.8) is 0 Å². The number of hydrogen-bond donors (Lipinski definition) is 1. The van der Waals surface area contributed by atoms with Gasteiger partial charge in [0.1, 0.15) is 5.75 Å². The van der Waals surface area contributed by atoms with Crippen LogP contribution in [0.1, 0.15) is 42.9 Å². The highest BCUT2D eigenvalue weighted by atomic mass is 16.5. The SMILES string of the molecule is CCc1nnc(COc2cc(C)ccc2[C@@H](C)O)o1. The van der Waals surface area contributed by atoms with E-state index >= 15 is 0 Å². The largest absolute Gasteiger partial charge is 0.483 e. The van der Waals surface area contributed by atoms with Gasteiger partial charge in [-0.1, -0.05) is 19.1 Å². The van der Waals surface area contributed by atoms with Gasteiger partial charge in [0.15, 0.2) is 6.61 Å². The summed E-state index contributed by atoms with van der Waals surface area (Å²) in [6.45, 7) is 5.83. The minimum Gasteiger partial charge on any atom is -0.483 e. The van der Waals surface area contributed by atoms with E-state index in [2.05, 4.69) is 10.2 Å². The first kappa shape index (κ1) is 13.5. The number of benzene rings is 1. The maximum atomic E-state index is 9.70. The molecule has 0 unspecified atom stereocenters. The van der Waals surface area contributed by atoms with E-state index in [1.165, 1.54) is 0 Å². The standard InChI is InChI=1S/C14H18N2O3/c1-4-13-15-16-14(19-13)8-18-12-7-9(2)5-6-11(12)10(3)17/h5-7,10,17H,4,8H2,1-3H3/t10-/m1/s1. The average Bonchev–Trinajstić information content (AvgIpc) is 2.84. The summed E-state index contributed by atoms with van der Waals surface area (Å²) in [6, 6.07) is 5.69. The van der Waals surface area contributed by atoms with Gasteiger partial charge in [0, 0.05) is 12.0 Å². The van der Waals surface area contributed by atoms with Gasteiger partial charge in [0.05, 0.1) is 6.10 Å². The summed E-state index contributed by atoms with van der Waals surface area (Å²) in [5, 5.41) is 17.5. The molecule has 1 N–H and O–H groups in total. The molecule has 0 saturated carbocycles. The van der Waals surface area contributed by atoms with E-state index in [-0.39, 0.29) is 6.61 Å². The first-order chi connectivity index (χ1) is 9.10. The summed E-state index contributed by atoms with van der Waals surface area (Å²) < 4.78 is 11.0. The van der Waals surface area contributed by atoms with E-state index in [9.17, 15) is 5.11 Å². The van der Waals surface area contributed by atoms with Crippen LogP contribution in [0.25, 0.3) is 0 Å². The van der Waals surface area contributed by atoms with Gasteiger partial charge in [-0.25, -0.2) is 0 Å². The molecule has 0 bridgehead atoms. The molecule has 0 radical (unpaired) electrons. The van der Waals surface area contributed by atoms with E-state index in [0.717, 1.165) is 11.1 Å². The molecule has 0 fully saturated rings. The Kier molecular flexibility index (Phi) is 4.16. The minimum absolute atomic E-state index is 0.205. The van der Waals surface area contributed by atoms with E-state index < -0.39 is 6.10 Å². The Morgan fingerprint density at radius 3 is 2.68 bits per heavy atom. The number of aryl methyl sites for hydroxylation is 2. The highest BCUT2D eigenvalue weighted by molar-refractivity contribution is 5.38. The van der Waals surface area contributed by atoms with Gasteiger partial charge in [-0.05, 0) is 25.5 Å². The monoisotopic (exact) mass is 262 g/mol. The molecule has 0 saturated heterocycles. The zero-order valence-corrected chi connectivity index (χ0v) is 11.4. The van der Waals surface area contributed by atoms with Crippen LogP contribution in [0.5, 0.6) is 5.75 Å². The van der Waals surface area contributed by atoms with E-state index in [1.54, 1.807) is 6.92 Å². The molecule has 2 aromatic rings. The van der Waals surface area contributed by atoms with Crippen LogP contribution >= 0.6 is 0 Å². The Balaban J connectivity index is 2.12. The van der Waals surface area contributed by atoms with Crippen LogP contribution in [-0.4, -0.2) is 15.3 Å². The summed E-state index contributed by atoms with van der Waals surface area (Å²) >= 11 is 0. The number of aromatic nitrogens is 2. The molecular weight excluding hydrogens is 244 g/mol. The molecular formula is C14H18N2O3. The summed E-state index contributed by atoms with van der Waals surface area (Å²) in [5.74, 6) is 1.68. The Morgan fingerprint density at radius 1 is 1.32 bits per heavy atom. The van der Waals surface area contributed by atoms with Gasteiger partial charge >= 0.3 is 0 Å². The van der Waals surface area contributed by atoms with Crippen molar-refractivity contribution in [3.8, 4) is 5.75 Å². The zero-order chi connectivity index (χ0) is 13.8. The van der Waals surface area contributed by atoms with Gasteiger partial charge in [-0.15, -0.1) is 10.2 Å². The van der Waals surface area contributed by atoms with Gasteiger partial charge in [-0.2, -0.15) is 0 Å². The van der Waals surface area contributed by atoms with Crippen molar-refractivity contribution in [1.29, 1.82) is 0 Å². The van der Waals surface area contributed by atoms with Crippen molar-refractivity contribution in [2.24, 2.45) is 0 Å². The average molecular weight is 262 g/mol. The molecule has 102 valence electrons. The lowest BCUT2D eigenvalue weighted by molar-refractivity contribution is 0.186. The fourth-order valence-corrected chi connectivity index (χ4v) is 1.74. The number of ether oxygens (including phenoxy) is 1. The van der Waals surface area contributed by atoms with Crippen LogP contribution in [0.15, 0.2) is 22.6 Å². The normalized spacial score (nSPS) is 12.4. The van der Waals surface area contributed by atoms with Crippen molar-refractivity contribution in [1.82, 2.24) is 10.2 Å². The fraction of sp³-hybridized carbons (Fsp3) is 0.429. The minimum atomic E-state index is -0.579. The second kappa shape index (κ2) is 5.84. The highest BCUT2D eigenvalue weighted by Crippen LogP contribution is 2.26. The maximum absolute atomic E-state index is 9.70. The number of aliphatic hydroxyl groups is 1. The van der Waals surface area contributed by atoms with Crippen molar-refractivity contribution in [2.75, 3.05) is 0 Å². The Labute approximate surface area is 112 Å². The second-order valence-corrected chi connectivity index (χ2v) is 4.45. The number of hydrogen-bond acceptors (Lipinski definition) is 5. The zero-order valence-electron chi connectivity index (χ0n) is 11.4. The van der Waals surface area contributed by atoms with Crippen molar-refractivity contribution in [3.05, 3.63) is 41.1 Å². The molecule has 1 heterocycles. The molecule has 1 aromatic carbocycles. The lowest BCUT2D eigenvalue weighted by atomic mass is 10.1. The molecule has 0 spiro atoms. The van der Waals surface area contributed by atoms with E-state index in [4.69, 9.17) is 9.15 Å². The molecule has 19 heavy (non-hydrogen) atoms. The molecule has 0 aliphatic heterocycles. The molecule has 2 rings (SSSR count). The first-order valence-corrected chi connectivity index (χ1v) is 6.32. The van der Waals surface area contributed by atoms with Gasteiger partial charge < -0.3 is 14.3 Å². The van der Waals surface area contributed by atoms with Crippen LogP contribution in [-0.2, 0) is 13.0 Å². The van der Waals surface area contributed by atoms with Crippen molar-refractivity contribution >= 4 is 0 Å². The van der Waals surface area contributed by atoms with Gasteiger partial charge in [-0.3, -0.25) is 0 Å². The molecule has 0 aliphatic rings. The Morgan fingerprint density at radius 2 is 2.05 bits per heavy atom. The van der Waals surface area contributed by atoms with Gasteiger partial charge in [0.2, 0.25) is 5.89 Å². The third-order valence-electron chi connectivity index (χ3n) is 2.78. The fourth-order valence-electron chi connectivity index (χ4n) is 1.74. The predicted molar refractivity (Wildman–Crippen MR) is 69.8 cm³/mol. The molecule has 1 aromatic heterocycles. The predicted octanol–water partition coefficient (Wildman–Crippen LogP) is 2.57. The molecule has 0 amide bonds. The quantitative estimate of drug-likeness (QED) is 0.896. The third-order valence-corrected chi connectivity index (χ3v) is 2.78. The first-order valence-electron chi connectivity index (χ1n) is 6.32. The van der Waals surface area contributed by atoms with Crippen LogP contribution in [0.2, 0.25) is 0 Å². The second-order valence-electron chi connectivity index (χ2n) is 4.45. The summed E-state index contributed by atoms with van der Waals surface area (Å²) in [5.41, 5.74) is 1.82. The lowest BCUT2D eigenvalue weighted by Crippen LogP contribution is -2.01. The van der Waals surface area contributed by atoms with E-state index in [1.807, 2.05) is 32.0 Å². The van der Waals surface area contributed by atoms with Crippen molar-refractivity contribution in [2.45, 2.75) is 39.9 Å². The molecule has 1 atom stereocenters.